The minimum absolute atomic E-state index is 0.298. The summed E-state index contributed by atoms with van der Waals surface area (Å²) in [6.45, 7) is 4.81. The molecule has 1 unspecified atom stereocenters. The van der Waals surface area contributed by atoms with Crippen LogP contribution in [-0.4, -0.2) is 41.4 Å². The Labute approximate surface area is 191 Å². The lowest BCUT2D eigenvalue weighted by Gasteiger charge is -2.24. The zero-order valence-electron chi connectivity index (χ0n) is 17.5. The van der Waals surface area contributed by atoms with Gasteiger partial charge in [-0.1, -0.05) is 60.4 Å². The summed E-state index contributed by atoms with van der Waals surface area (Å²) in [6, 6.07) is 13.5. The number of hydrogen-bond acceptors (Lipinski definition) is 7. The summed E-state index contributed by atoms with van der Waals surface area (Å²) in [4.78, 5) is 27.5. The third-order valence-electron chi connectivity index (χ3n) is 4.49. The van der Waals surface area contributed by atoms with Crippen molar-refractivity contribution in [2.24, 2.45) is 0 Å². The van der Waals surface area contributed by atoms with Crippen LogP contribution < -0.4 is 9.47 Å². The van der Waals surface area contributed by atoms with Gasteiger partial charge in [-0.2, -0.15) is 0 Å². The van der Waals surface area contributed by atoms with Gasteiger partial charge < -0.3 is 14.2 Å². The molecule has 2 aromatic rings. The Balaban J connectivity index is 1.94. The highest BCUT2D eigenvalue weighted by Gasteiger charge is 2.41. The largest absolute Gasteiger partial charge is 0.490 e. The van der Waals surface area contributed by atoms with Gasteiger partial charge in [-0.15, -0.1) is 0 Å². The van der Waals surface area contributed by atoms with Crippen LogP contribution >= 0.6 is 24.0 Å². The second-order valence-electron chi connectivity index (χ2n) is 6.46. The number of amides is 1. The molecule has 0 aromatic heterocycles. The molecule has 2 aromatic carbocycles. The van der Waals surface area contributed by atoms with Crippen molar-refractivity contribution in [3.05, 3.63) is 64.6 Å². The van der Waals surface area contributed by atoms with Crippen molar-refractivity contribution in [2.45, 2.75) is 19.9 Å². The summed E-state index contributed by atoms with van der Waals surface area (Å²) < 4.78 is 16.5. The van der Waals surface area contributed by atoms with Gasteiger partial charge in [-0.05, 0) is 43.2 Å². The number of rotatable bonds is 8. The maximum Gasteiger partial charge on any atom is 0.333 e. The highest BCUT2D eigenvalue weighted by Crippen LogP contribution is 2.39. The Morgan fingerprint density at radius 2 is 1.77 bits per heavy atom. The van der Waals surface area contributed by atoms with Crippen molar-refractivity contribution >= 4 is 46.3 Å². The third-order valence-corrected chi connectivity index (χ3v) is 5.82. The van der Waals surface area contributed by atoms with E-state index in [1.54, 1.807) is 30.3 Å². The van der Waals surface area contributed by atoms with Crippen LogP contribution in [0.5, 0.6) is 11.5 Å². The fourth-order valence-electron chi connectivity index (χ4n) is 3.15. The van der Waals surface area contributed by atoms with Gasteiger partial charge in [0, 0.05) is 0 Å². The second kappa shape index (κ2) is 10.5. The molecule has 1 aliphatic heterocycles. The summed E-state index contributed by atoms with van der Waals surface area (Å²) in [6.07, 6.45) is 1.73. The highest BCUT2D eigenvalue weighted by molar-refractivity contribution is 8.26. The number of nitrogens with zero attached hydrogens (tertiary/aromatic N) is 1. The molecule has 0 N–H and O–H groups in total. The number of carbonyl (C=O) groups is 2. The molecular formula is C23H23NO5S2. The topological polar surface area (TPSA) is 65.1 Å². The van der Waals surface area contributed by atoms with Crippen molar-refractivity contribution in [2.75, 3.05) is 20.3 Å². The first-order valence-electron chi connectivity index (χ1n) is 9.79. The van der Waals surface area contributed by atoms with Crippen LogP contribution in [0.2, 0.25) is 0 Å². The van der Waals surface area contributed by atoms with Crippen LogP contribution in [0.1, 0.15) is 31.0 Å². The zero-order chi connectivity index (χ0) is 22.4. The number of thioether (sulfide) groups is 1. The van der Waals surface area contributed by atoms with Crippen LogP contribution in [0.3, 0.4) is 0 Å². The van der Waals surface area contributed by atoms with E-state index >= 15 is 0 Å². The number of thiocarbonyl (C=S) groups is 1. The predicted octanol–water partition coefficient (Wildman–Crippen LogP) is 4.60. The molecule has 1 fully saturated rings. The van der Waals surface area contributed by atoms with E-state index in [2.05, 4.69) is 0 Å². The fraction of sp³-hybridized carbons (Fsp3) is 0.261. The Morgan fingerprint density at radius 3 is 2.42 bits per heavy atom. The van der Waals surface area contributed by atoms with Crippen LogP contribution in [0, 0.1) is 0 Å². The van der Waals surface area contributed by atoms with Gasteiger partial charge in [0.2, 0.25) is 0 Å². The van der Waals surface area contributed by atoms with Crippen molar-refractivity contribution in [3.8, 4) is 11.5 Å². The third kappa shape index (κ3) is 5.08. The molecule has 6 nitrogen and oxygen atoms in total. The summed E-state index contributed by atoms with van der Waals surface area (Å²) in [5.74, 6) is 0.346. The molecule has 0 spiro atoms. The van der Waals surface area contributed by atoms with E-state index in [-0.39, 0.29) is 5.91 Å². The quantitative estimate of drug-likeness (QED) is 0.326. The van der Waals surface area contributed by atoms with Gasteiger partial charge in [-0.3, -0.25) is 9.69 Å². The van der Waals surface area contributed by atoms with Crippen molar-refractivity contribution < 1.29 is 23.8 Å². The minimum Gasteiger partial charge on any atom is -0.490 e. The van der Waals surface area contributed by atoms with Crippen molar-refractivity contribution in [3.63, 3.8) is 0 Å². The van der Waals surface area contributed by atoms with Crippen LogP contribution in [0.4, 0.5) is 0 Å². The standard InChI is InChI=1S/C23H23NO5S2/c1-4-28-17-12-11-15(13-18(17)29-5-2)14-19-21(25)24(23(30)31-19)20(22(26)27-3)16-9-7-6-8-10-16/h6-14,20H,4-5H2,1-3H3/b19-14-. The number of methoxy groups -OCH3 is 1. The Kier molecular flexibility index (Phi) is 7.70. The van der Waals surface area contributed by atoms with E-state index in [1.165, 1.54) is 12.0 Å². The first kappa shape index (κ1) is 22.8. The number of carbonyl (C=O) groups excluding carboxylic acids is 2. The fourth-order valence-corrected chi connectivity index (χ4v) is 4.46. The molecule has 8 heteroatoms. The first-order chi connectivity index (χ1) is 15.0. The molecule has 3 rings (SSSR count). The molecule has 1 heterocycles. The maximum absolute atomic E-state index is 13.2. The monoisotopic (exact) mass is 457 g/mol. The lowest BCUT2D eigenvalue weighted by molar-refractivity contribution is -0.148. The molecule has 0 aliphatic carbocycles. The predicted molar refractivity (Wildman–Crippen MR) is 125 cm³/mol. The van der Waals surface area contributed by atoms with E-state index < -0.39 is 12.0 Å². The van der Waals surface area contributed by atoms with E-state index in [1.807, 2.05) is 38.1 Å². The van der Waals surface area contributed by atoms with Gasteiger partial charge in [-0.25, -0.2) is 4.79 Å². The molecule has 1 atom stereocenters. The average molecular weight is 458 g/mol. The van der Waals surface area contributed by atoms with Gasteiger partial charge in [0.15, 0.2) is 17.5 Å². The first-order valence-corrected chi connectivity index (χ1v) is 11.0. The lowest BCUT2D eigenvalue weighted by atomic mass is 10.1. The molecule has 31 heavy (non-hydrogen) atoms. The summed E-state index contributed by atoms with van der Waals surface area (Å²) in [5.41, 5.74) is 1.40. The van der Waals surface area contributed by atoms with Crippen LogP contribution in [-0.2, 0) is 14.3 Å². The van der Waals surface area contributed by atoms with Crippen molar-refractivity contribution in [1.82, 2.24) is 4.90 Å². The molecule has 162 valence electrons. The maximum atomic E-state index is 13.2. The SMILES string of the molecule is CCOc1ccc(/C=C2\SC(=S)N(C(C(=O)OC)c3ccccc3)C2=O)cc1OCC. The molecular weight excluding hydrogens is 434 g/mol. The average Bonchev–Trinajstić information content (AvgIpc) is 3.04. The van der Waals surface area contributed by atoms with Crippen LogP contribution in [0.15, 0.2) is 53.4 Å². The molecule has 0 bridgehead atoms. The van der Waals surface area contributed by atoms with Crippen molar-refractivity contribution in [1.29, 1.82) is 0 Å². The zero-order valence-corrected chi connectivity index (χ0v) is 19.1. The minimum atomic E-state index is -0.941. The number of hydrogen-bond donors (Lipinski definition) is 0. The Hall–Kier alpha value is -2.84. The molecule has 1 saturated heterocycles. The second-order valence-corrected chi connectivity index (χ2v) is 8.14. The molecule has 1 amide bonds. The molecule has 0 radical (unpaired) electrons. The Bertz CT molecular complexity index is 1010. The van der Waals surface area contributed by atoms with Gasteiger partial charge >= 0.3 is 5.97 Å². The van der Waals surface area contributed by atoms with Gasteiger partial charge in [0.05, 0.1) is 25.2 Å². The van der Waals surface area contributed by atoms with E-state index in [0.29, 0.717) is 39.5 Å². The summed E-state index contributed by atoms with van der Waals surface area (Å²) in [5, 5.41) is 0. The highest BCUT2D eigenvalue weighted by atomic mass is 32.2. The number of ether oxygens (including phenoxy) is 3. The summed E-state index contributed by atoms with van der Waals surface area (Å²) in [7, 11) is 1.29. The Morgan fingerprint density at radius 1 is 1.10 bits per heavy atom. The van der Waals surface area contributed by atoms with Gasteiger partial charge in [0.25, 0.3) is 5.91 Å². The normalized spacial score (nSPS) is 15.8. The van der Waals surface area contributed by atoms with Crippen LogP contribution in [0.25, 0.3) is 6.08 Å². The van der Waals surface area contributed by atoms with E-state index in [9.17, 15) is 9.59 Å². The van der Waals surface area contributed by atoms with E-state index in [4.69, 9.17) is 26.4 Å². The van der Waals surface area contributed by atoms with Gasteiger partial charge in [0.1, 0.15) is 4.32 Å². The lowest BCUT2D eigenvalue weighted by Crippen LogP contribution is -2.37. The molecule has 0 saturated carbocycles. The smallest absolute Gasteiger partial charge is 0.333 e. The number of esters is 1. The summed E-state index contributed by atoms with van der Waals surface area (Å²) >= 11 is 6.60. The molecule has 1 aliphatic rings. The van der Waals surface area contributed by atoms with E-state index in [0.717, 1.165) is 17.3 Å². The number of benzene rings is 2.